The van der Waals surface area contributed by atoms with Crippen molar-refractivity contribution in [2.24, 2.45) is 0 Å². The molecule has 0 bridgehead atoms. The van der Waals surface area contributed by atoms with Crippen LogP contribution in [0.15, 0.2) is 34.2 Å². The number of nitrogens with one attached hydrogen (secondary N) is 1. The van der Waals surface area contributed by atoms with E-state index >= 15 is 0 Å². The van der Waals surface area contributed by atoms with Gasteiger partial charge in [-0.25, -0.2) is 9.97 Å². The second-order valence-electron chi connectivity index (χ2n) is 4.84. The van der Waals surface area contributed by atoms with Gasteiger partial charge in [-0.1, -0.05) is 29.5 Å². The minimum absolute atomic E-state index is 0.416. The van der Waals surface area contributed by atoms with Crippen molar-refractivity contribution in [2.45, 2.75) is 37.3 Å². The fraction of sp³-hybridized carbons (Fsp3) is 0.375. The predicted molar refractivity (Wildman–Crippen MR) is 86.9 cm³/mol. The van der Waals surface area contributed by atoms with E-state index in [2.05, 4.69) is 54.3 Å². The first kappa shape index (κ1) is 15.8. The number of nitrogens with zero attached hydrogens (tertiary/aromatic N) is 2. The summed E-state index contributed by atoms with van der Waals surface area (Å²) in [6.45, 7) is 7.52. The van der Waals surface area contributed by atoms with Crippen LogP contribution in [0.2, 0.25) is 0 Å². The summed E-state index contributed by atoms with van der Waals surface area (Å²) in [7, 11) is 1.65. The topological polar surface area (TPSA) is 47.0 Å². The van der Waals surface area contributed by atoms with Crippen LogP contribution >= 0.6 is 11.8 Å². The second-order valence-corrected chi connectivity index (χ2v) is 5.90. The molecule has 0 atom stereocenters. The number of aromatic nitrogens is 2. The third kappa shape index (κ3) is 4.44. The minimum atomic E-state index is 0.416. The van der Waals surface area contributed by atoms with Gasteiger partial charge in [0.2, 0.25) is 0 Å². The highest BCUT2D eigenvalue weighted by Crippen LogP contribution is 2.30. The van der Waals surface area contributed by atoms with E-state index in [-0.39, 0.29) is 0 Å². The van der Waals surface area contributed by atoms with Gasteiger partial charge in [0.05, 0.1) is 0 Å². The molecular weight excluding hydrogens is 282 g/mol. The molecular formula is C16H21N3OS. The molecule has 0 saturated heterocycles. The normalized spacial score (nSPS) is 10.7. The molecule has 1 N–H and O–H groups in total. The van der Waals surface area contributed by atoms with E-state index in [0.29, 0.717) is 12.4 Å². The molecule has 1 aromatic heterocycles. The summed E-state index contributed by atoms with van der Waals surface area (Å²) in [5.41, 5.74) is 2.53. The molecule has 0 aliphatic rings. The molecule has 0 spiro atoms. The number of rotatable bonds is 6. The van der Waals surface area contributed by atoms with E-state index in [0.717, 1.165) is 17.4 Å². The van der Waals surface area contributed by atoms with Gasteiger partial charge in [-0.3, -0.25) is 0 Å². The molecule has 5 heteroatoms. The van der Waals surface area contributed by atoms with Crippen LogP contribution in [0, 0.1) is 13.8 Å². The number of benzene rings is 1. The Labute approximate surface area is 130 Å². The maximum atomic E-state index is 5.14. The zero-order valence-corrected chi connectivity index (χ0v) is 13.8. The lowest BCUT2D eigenvalue weighted by Crippen LogP contribution is -2.05. The van der Waals surface area contributed by atoms with Crippen molar-refractivity contribution in [3.63, 3.8) is 0 Å². The minimum Gasteiger partial charge on any atom is -0.377 e. The molecule has 4 nitrogen and oxygen atoms in total. The number of anilines is 1. The molecule has 0 fully saturated rings. The van der Waals surface area contributed by atoms with Crippen LogP contribution in [0.1, 0.15) is 23.9 Å². The van der Waals surface area contributed by atoms with Crippen LogP contribution in [0.25, 0.3) is 0 Å². The average Bonchev–Trinajstić information content (AvgIpc) is 2.42. The maximum absolute atomic E-state index is 5.14. The van der Waals surface area contributed by atoms with Gasteiger partial charge < -0.3 is 10.1 Å². The van der Waals surface area contributed by atoms with Crippen molar-refractivity contribution < 1.29 is 4.74 Å². The van der Waals surface area contributed by atoms with Gasteiger partial charge in [0.15, 0.2) is 5.82 Å². The lowest BCUT2D eigenvalue weighted by molar-refractivity contribution is 0.177. The molecule has 112 valence electrons. The Morgan fingerprint density at radius 2 is 2.00 bits per heavy atom. The molecule has 21 heavy (non-hydrogen) atoms. The molecule has 2 aromatic rings. The standard InChI is InChI=1S/C16H21N3OS/c1-5-17-14-9-16(19-15(18-14)10-20-4)21-13-7-6-11(2)8-12(13)3/h6-9H,5,10H2,1-4H3,(H,17,18,19). The van der Waals surface area contributed by atoms with Gasteiger partial charge in [0.1, 0.15) is 17.5 Å². The van der Waals surface area contributed by atoms with Crippen LogP contribution in [0.3, 0.4) is 0 Å². The molecule has 0 amide bonds. The molecule has 2 rings (SSSR count). The van der Waals surface area contributed by atoms with Crippen molar-refractivity contribution in [1.82, 2.24) is 9.97 Å². The monoisotopic (exact) mass is 303 g/mol. The SMILES string of the molecule is CCNc1cc(Sc2ccc(C)cc2C)nc(COC)n1. The number of hydrogen-bond acceptors (Lipinski definition) is 5. The van der Waals surface area contributed by atoms with E-state index in [1.54, 1.807) is 18.9 Å². The Bertz CT molecular complexity index is 592. The van der Waals surface area contributed by atoms with E-state index < -0.39 is 0 Å². The zero-order chi connectivity index (χ0) is 15.2. The largest absolute Gasteiger partial charge is 0.377 e. The molecule has 1 aromatic carbocycles. The van der Waals surface area contributed by atoms with Gasteiger partial charge in [-0.05, 0) is 32.4 Å². The van der Waals surface area contributed by atoms with E-state index in [1.807, 2.05) is 6.07 Å². The number of hydrogen-bond donors (Lipinski definition) is 1. The molecule has 1 heterocycles. The Balaban J connectivity index is 2.29. The predicted octanol–water partition coefficient (Wildman–Crippen LogP) is 3.82. The molecule has 0 radical (unpaired) electrons. The van der Waals surface area contributed by atoms with Gasteiger partial charge in [-0.2, -0.15) is 0 Å². The number of aryl methyl sites for hydroxylation is 2. The van der Waals surface area contributed by atoms with Gasteiger partial charge in [0, 0.05) is 24.6 Å². The Kier molecular flexibility index (Phi) is 5.59. The average molecular weight is 303 g/mol. The van der Waals surface area contributed by atoms with Gasteiger partial charge in [-0.15, -0.1) is 0 Å². The first-order valence-corrected chi connectivity index (χ1v) is 7.80. The van der Waals surface area contributed by atoms with Crippen molar-refractivity contribution in [3.05, 3.63) is 41.2 Å². The third-order valence-electron chi connectivity index (χ3n) is 2.93. The van der Waals surface area contributed by atoms with E-state index in [1.165, 1.54) is 16.0 Å². The summed E-state index contributed by atoms with van der Waals surface area (Å²) in [5.74, 6) is 1.54. The Hall–Kier alpha value is -1.59. The van der Waals surface area contributed by atoms with E-state index in [4.69, 9.17) is 4.74 Å². The molecule has 0 aliphatic carbocycles. The molecule has 0 aliphatic heterocycles. The van der Waals surface area contributed by atoms with Crippen LogP contribution in [-0.4, -0.2) is 23.6 Å². The van der Waals surface area contributed by atoms with Crippen LogP contribution in [-0.2, 0) is 11.3 Å². The highest BCUT2D eigenvalue weighted by atomic mass is 32.2. The molecule has 0 saturated carbocycles. The summed E-state index contributed by atoms with van der Waals surface area (Å²) in [6, 6.07) is 8.43. The zero-order valence-electron chi connectivity index (χ0n) is 12.9. The van der Waals surface area contributed by atoms with E-state index in [9.17, 15) is 0 Å². The molecule has 0 unspecified atom stereocenters. The summed E-state index contributed by atoms with van der Waals surface area (Å²) < 4.78 is 5.14. The highest BCUT2D eigenvalue weighted by Gasteiger charge is 2.08. The third-order valence-corrected chi connectivity index (χ3v) is 4.02. The van der Waals surface area contributed by atoms with Crippen LogP contribution in [0.4, 0.5) is 5.82 Å². The van der Waals surface area contributed by atoms with Crippen molar-refractivity contribution >= 4 is 17.6 Å². The van der Waals surface area contributed by atoms with Crippen molar-refractivity contribution in [1.29, 1.82) is 0 Å². The Morgan fingerprint density at radius 1 is 1.19 bits per heavy atom. The van der Waals surface area contributed by atoms with Crippen molar-refractivity contribution in [2.75, 3.05) is 19.0 Å². The fourth-order valence-electron chi connectivity index (χ4n) is 2.02. The first-order chi connectivity index (χ1) is 10.1. The lowest BCUT2D eigenvalue weighted by atomic mass is 10.2. The summed E-state index contributed by atoms with van der Waals surface area (Å²) >= 11 is 1.66. The number of methoxy groups -OCH3 is 1. The smallest absolute Gasteiger partial charge is 0.157 e. The summed E-state index contributed by atoms with van der Waals surface area (Å²) in [6.07, 6.45) is 0. The van der Waals surface area contributed by atoms with Gasteiger partial charge >= 0.3 is 0 Å². The summed E-state index contributed by atoms with van der Waals surface area (Å²) in [5, 5.41) is 4.17. The lowest BCUT2D eigenvalue weighted by Gasteiger charge is -2.10. The first-order valence-electron chi connectivity index (χ1n) is 6.98. The van der Waals surface area contributed by atoms with Crippen molar-refractivity contribution in [3.8, 4) is 0 Å². The number of ether oxygens (including phenoxy) is 1. The summed E-state index contributed by atoms with van der Waals surface area (Å²) in [4.78, 5) is 10.2. The second kappa shape index (κ2) is 7.43. The van der Waals surface area contributed by atoms with Crippen LogP contribution in [0.5, 0.6) is 0 Å². The highest BCUT2D eigenvalue weighted by molar-refractivity contribution is 7.99. The van der Waals surface area contributed by atoms with Crippen LogP contribution < -0.4 is 5.32 Å². The van der Waals surface area contributed by atoms with Gasteiger partial charge in [0.25, 0.3) is 0 Å². The quantitative estimate of drug-likeness (QED) is 0.822. The Morgan fingerprint density at radius 3 is 2.67 bits per heavy atom. The fourth-order valence-corrected chi connectivity index (χ4v) is 2.92. The maximum Gasteiger partial charge on any atom is 0.157 e.